The van der Waals surface area contributed by atoms with Gasteiger partial charge in [-0.2, -0.15) is 4.98 Å². The average molecular weight is 277 g/mol. The quantitative estimate of drug-likeness (QED) is 0.820. The highest BCUT2D eigenvalue weighted by molar-refractivity contribution is 7.99. The maximum Gasteiger partial charge on any atom is 0.246 e. The fourth-order valence-electron chi connectivity index (χ4n) is 1.45. The standard InChI is InChI=1S/C13H15N3O2S/c1-10-15-13(18-16-10)9-14-12(17)7-8-19-11-5-3-2-4-6-11/h2-6H,7-9H2,1H3,(H,14,17). The Bertz CT molecular complexity index is 528. The predicted molar refractivity (Wildman–Crippen MR) is 72.7 cm³/mol. The molecule has 0 spiro atoms. The Morgan fingerprint density at radius 1 is 1.37 bits per heavy atom. The summed E-state index contributed by atoms with van der Waals surface area (Å²) >= 11 is 1.66. The van der Waals surface area contributed by atoms with Crippen molar-refractivity contribution in [3.05, 3.63) is 42.0 Å². The van der Waals surface area contributed by atoms with Gasteiger partial charge in [0.2, 0.25) is 11.8 Å². The number of aryl methyl sites for hydroxylation is 1. The molecule has 0 aliphatic heterocycles. The lowest BCUT2D eigenvalue weighted by Crippen LogP contribution is -2.23. The molecule has 1 aromatic heterocycles. The first-order valence-electron chi connectivity index (χ1n) is 5.98. The summed E-state index contributed by atoms with van der Waals surface area (Å²) in [6.45, 7) is 2.03. The molecule has 0 radical (unpaired) electrons. The van der Waals surface area contributed by atoms with E-state index in [1.807, 2.05) is 30.3 Å². The van der Waals surface area contributed by atoms with Crippen molar-refractivity contribution < 1.29 is 9.32 Å². The Hall–Kier alpha value is -1.82. The summed E-state index contributed by atoms with van der Waals surface area (Å²) in [6.07, 6.45) is 0.465. The van der Waals surface area contributed by atoms with E-state index in [1.165, 1.54) is 4.90 Å². The molecule has 0 saturated carbocycles. The molecule has 6 heteroatoms. The zero-order valence-electron chi connectivity index (χ0n) is 10.6. The molecule has 1 N–H and O–H groups in total. The van der Waals surface area contributed by atoms with Crippen LogP contribution in [-0.4, -0.2) is 21.8 Å². The van der Waals surface area contributed by atoms with E-state index < -0.39 is 0 Å². The van der Waals surface area contributed by atoms with Crippen molar-refractivity contribution in [2.45, 2.75) is 24.8 Å². The Morgan fingerprint density at radius 3 is 2.84 bits per heavy atom. The van der Waals surface area contributed by atoms with Gasteiger partial charge >= 0.3 is 0 Å². The van der Waals surface area contributed by atoms with Gasteiger partial charge in [-0.05, 0) is 19.1 Å². The number of carbonyl (C=O) groups excluding carboxylic acids is 1. The molecule has 1 heterocycles. The number of hydrogen-bond donors (Lipinski definition) is 1. The smallest absolute Gasteiger partial charge is 0.246 e. The number of rotatable bonds is 6. The highest BCUT2D eigenvalue weighted by Gasteiger charge is 2.06. The zero-order valence-corrected chi connectivity index (χ0v) is 11.4. The SMILES string of the molecule is Cc1noc(CNC(=O)CCSc2ccccc2)n1. The van der Waals surface area contributed by atoms with Crippen molar-refractivity contribution in [2.75, 3.05) is 5.75 Å². The van der Waals surface area contributed by atoms with Crippen LogP contribution in [0, 0.1) is 6.92 Å². The van der Waals surface area contributed by atoms with Crippen molar-refractivity contribution in [2.24, 2.45) is 0 Å². The molecule has 1 aromatic carbocycles. The molecule has 2 aromatic rings. The molecule has 0 bridgehead atoms. The number of thioether (sulfide) groups is 1. The van der Waals surface area contributed by atoms with Crippen molar-refractivity contribution in [1.82, 2.24) is 15.5 Å². The van der Waals surface area contributed by atoms with Crippen LogP contribution in [0.3, 0.4) is 0 Å². The summed E-state index contributed by atoms with van der Waals surface area (Å²) in [7, 11) is 0. The minimum Gasteiger partial charge on any atom is -0.347 e. The van der Waals surface area contributed by atoms with E-state index in [9.17, 15) is 4.79 Å². The second-order valence-corrected chi connectivity index (χ2v) is 5.09. The second kappa shape index (κ2) is 6.94. The van der Waals surface area contributed by atoms with Crippen LogP contribution in [0.15, 0.2) is 39.8 Å². The van der Waals surface area contributed by atoms with Crippen LogP contribution in [0.4, 0.5) is 0 Å². The third-order valence-corrected chi connectivity index (χ3v) is 3.36. The lowest BCUT2D eigenvalue weighted by molar-refractivity contribution is -0.120. The molecule has 19 heavy (non-hydrogen) atoms. The van der Waals surface area contributed by atoms with E-state index in [2.05, 4.69) is 15.5 Å². The van der Waals surface area contributed by atoms with Gasteiger partial charge in [-0.3, -0.25) is 4.79 Å². The number of carbonyl (C=O) groups is 1. The molecule has 0 fully saturated rings. The number of amides is 1. The number of hydrogen-bond acceptors (Lipinski definition) is 5. The molecular formula is C13H15N3O2S. The van der Waals surface area contributed by atoms with Crippen LogP contribution in [0.5, 0.6) is 0 Å². The van der Waals surface area contributed by atoms with E-state index >= 15 is 0 Å². The fourth-order valence-corrected chi connectivity index (χ4v) is 2.33. The summed E-state index contributed by atoms with van der Waals surface area (Å²) < 4.78 is 4.91. The highest BCUT2D eigenvalue weighted by Crippen LogP contribution is 2.17. The third kappa shape index (κ3) is 4.75. The Kier molecular flexibility index (Phi) is 4.97. The van der Waals surface area contributed by atoms with Crippen LogP contribution >= 0.6 is 11.8 Å². The lowest BCUT2D eigenvalue weighted by Gasteiger charge is -2.02. The maximum atomic E-state index is 11.6. The predicted octanol–water partition coefficient (Wildman–Crippen LogP) is 2.18. The number of nitrogens with zero attached hydrogens (tertiary/aromatic N) is 2. The molecule has 5 nitrogen and oxygen atoms in total. The summed E-state index contributed by atoms with van der Waals surface area (Å²) in [5, 5.41) is 6.40. The van der Waals surface area contributed by atoms with E-state index in [4.69, 9.17) is 4.52 Å². The monoisotopic (exact) mass is 277 g/mol. The van der Waals surface area contributed by atoms with Crippen molar-refractivity contribution in [3.8, 4) is 0 Å². The van der Waals surface area contributed by atoms with Gasteiger partial charge in [0.15, 0.2) is 5.82 Å². The van der Waals surface area contributed by atoms with Crippen molar-refractivity contribution in [1.29, 1.82) is 0 Å². The number of nitrogens with one attached hydrogen (secondary N) is 1. The average Bonchev–Trinajstić information content (AvgIpc) is 2.83. The van der Waals surface area contributed by atoms with Gasteiger partial charge in [0.25, 0.3) is 0 Å². The third-order valence-electron chi connectivity index (χ3n) is 2.35. The first-order chi connectivity index (χ1) is 9.24. The van der Waals surface area contributed by atoms with Crippen molar-refractivity contribution >= 4 is 17.7 Å². The molecule has 2 rings (SSSR count). The molecule has 0 aliphatic rings. The Balaban J connectivity index is 1.65. The minimum absolute atomic E-state index is 0.0146. The second-order valence-electron chi connectivity index (χ2n) is 3.92. The summed E-state index contributed by atoms with van der Waals surface area (Å²) in [5.74, 6) is 1.74. The van der Waals surface area contributed by atoms with Crippen LogP contribution < -0.4 is 5.32 Å². The first kappa shape index (κ1) is 13.6. The molecular weight excluding hydrogens is 262 g/mol. The van der Waals surface area contributed by atoms with E-state index in [-0.39, 0.29) is 12.5 Å². The van der Waals surface area contributed by atoms with Gasteiger partial charge < -0.3 is 9.84 Å². The first-order valence-corrected chi connectivity index (χ1v) is 6.96. The van der Waals surface area contributed by atoms with Crippen LogP contribution in [0.2, 0.25) is 0 Å². The van der Waals surface area contributed by atoms with Gasteiger partial charge in [0.1, 0.15) is 0 Å². The number of aromatic nitrogens is 2. The van der Waals surface area contributed by atoms with Gasteiger partial charge in [0.05, 0.1) is 6.54 Å². The molecule has 0 saturated heterocycles. The van der Waals surface area contributed by atoms with Gasteiger partial charge in [0, 0.05) is 17.1 Å². The zero-order chi connectivity index (χ0) is 13.5. The van der Waals surface area contributed by atoms with E-state index in [0.717, 1.165) is 5.75 Å². The lowest BCUT2D eigenvalue weighted by atomic mass is 10.4. The summed E-state index contributed by atoms with van der Waals surface area (Å²) in [4.78, 5) is 16.8. The van der Waals surface area contributed by atoms with Crippen molar-refractivity contribution in [3.63, 3.8) is 0 Å². The molecule has 1 amide bonds. The molecule has 0 unspecified atom stereocenters. The van der Waals surface area contributed by atoms with E-state index in [1.54, 1.807) is 18.7 Å². The van der Waals surface area contributed by atoms with Gasteiger partial charge in [-0.25, -0.2) is 0 Å². The fraction of sp³-hybridized carbons (Fsp3) is 0.308. The van der Waals surface area contributed by atoms with Gasteiger partial charge in [-0.15, -0.1) is 11.8 Å². The molecule has 0 aliphatic carbocycles. The van der Waals surface area contributed by atoms with Gasteiger partial charge in [-0.1, -0.05) is 23.4 Å². The largest absolute Gasteiger partial charge is 0.347 e. The number of benzene rings is 1. The summed E-state index contributed by atoms with van der Waals surface area (Å²) in [6, 6.07) is 10.0. The topological polar surface area (TPSA) is 68.0 Å². The maximum absolute atomic E-state index is 11.6. The highest BCUT2D eigenvalue weighted by atomic mass is 32.2. The Morgan fingerprint density at radius 2 is 2.16 bits per heavy atom. The Labute approximate surface area is 115 Å². The van der Waals surface area contributed by atoms with E-state index in [0.29, 0.717) is 18.1 Å². The van der Waals surface area contributed by atoms with Crippen LogP contribution in [0.25, 0.3) is 0 Å². The van der Waals surface area contributed by atoms with Crippen LogP contribution in [-0.2, 0) is 11.3 Å². The molecule has 0 atom stereocenters. The molecule has 100 valence electrons. The van der Waals surface area contributed by atoms with Crippen LogP contribution in [0.1, 0.15) is 18.1 Å². The normalized spacial score (nSPS) is 10.4. The minimum atomic E-state index is -0.0146. The summed E-state index contributed by atoms with van der Waals surface area (Å²) in [5.41, 5.74) is 0.